The molecule has 0 aromatic heterocycles. The lowest BCUT2D eigenvalue weighted by Gasteiger charge is -2.47. The van der Waals surface area contributed by atoms with Crippen molar-refractivity contribution in [1.29, 1.82) is 0 Å². The number of phosphoric acid groups is 1. The molecule has 466 valence electrons. The first-order valence-corrected chi connectivity index (χ1v) is 32.7. The number of hydrogen-bond acceptors (Lipinski definition) is 16. The van der Waals surface area contributed by atoms with Crippen molar-refractivity contribution >= 4 is 25.6 Å². The molecule has 21 heteroatoms. The van der Waals surface area contributed by atoms with Gasteiger partial charge in [-0.3, -0.25) is 18.9 Å². The van der Waals surface area contributed by atoms with Gasteiger partial charge in [0.1, 0.15) is 54.8 Å². The number of carbonyl (C=O) groups is 3. The van der Waals surface area contributed by atoms with Crippen molar-refractivity contribution in [3.8, 4) is 0 Å². The minimum absolute atomic E-state index is 0.0758. The van der Waals surface area contributed by atoms with Crippen LogP contribution in [0.15, 0.2) is 0 Å². The smallest absolute Gasteiger partial charge is 0.462 e. The fourth-order valence-corrected chi connectivity index (χ4v) is 11.3. The van der Waals surface area contributed by atoms with E-state index in [0.29, 0.717) is 51.5 Å². The first-order valence-electron chi connectivity index (χ1n) is 31.2. The van der Waals surface area contributed by atoms with Gasteiger partial charge < -0.3 is 75.7 Å². The van der Waals surface area contributed by atoms with E-state index in [4.69, 9.17) is 29.2 Å². The van der Waals surface area contributed by atoms with E-state index in [0.717, 1.165) is 83.5 Å². The highest BCUT2D eigenvalue weighted by Gasteiger charge is 2.53. The predicted molar refractivity (Wildman–Crippen MR) is 303 cm³/mol. The van der Waals surface area contributed by atoms with E-state index in [1.54, 1.807) is 0 Å². The number of unbranched alkanes of at least 4 members (excludes halogenated alkanes) is 27. The summed E-state index contributed by atoms with van der Waals surface area (Å²) in [6.07, 6.45) is 14.4. The maximum absolute atomic E-state index is 14.2. The Morgan fingerprint density at radius 3 is 1.53 bits per heavy atom. The molecule has 2 amide bonds. The number of hydrogen-bond donors (Lipinski definition) is 11. The van der Waals surface area contributed by atoms with Gasteiger partial charge in [0, 0.05) is 6.42 Å². The largest absolute Gasteiger partial charge is 0.470 e. The van der Waals surface area contributed by atoms with Crippen molar-refractivity contribution in [1.82, 2.24) is 10.6 Å². The van der Waals surface area contributed by atoms with Gasteiger partial charge in [0.05, 0.1) is 31.7 Å². The van der Waals surface area contributed by atoms with Gasteiger partial charge in [0.25, 0.3) is 0 Å². The number of aliphatic hydroxyl groups is 6. The summed E-state index contributed by atoms with van der Waals surface area (Å²) in [5, 5.41) is 72.5. The lowest BCUT2D eigenvalue weighted by molar-refractivity contribution is -0.317. The Labute approximate surface area is 474 Å². The van der Waals surface area contributed by atoms with Crippen LogP contribution in [0.2, 0.25) is 0 Å². The van der Waals surface area contributed by atoms with Gasteiger partial charge in [-0.05, 0) is 45.1 Å². The van der Waals surface area contributed by atoms with Crippen LogP contribution in [0.3, 0.4) is 0 Å². The molecule has 0 spiro atoms. The maximum atomic E-state index is 14.2. The summed E-state index contributed by atoms with van der Waals surface area (Å²) in [6, 6.07) is -3.18. The van der Waals surface area contributed by atoms with E-state index in [-0.39, 0.29) is 25.7 Å². The zero-order chi connectivity index (χ0) is 58.3. The third-order valence-electron chi connectivity index (χ3n) is 15.4. The number of nitrogens with one attached hydrogen (secondary N) is 2. The summed E-state index contributed by atoms with van der Waals surface area (Å²) >= 11 is 0. The number of nitrogens with two attached hydrogens (primary N) is 1. The van der Waals surface area contributed by atoms with E-state index in [2.05, 4.69) is 31.4 Å². The highest BCUT2D eigenvalue weighted by Crippen LogP contribution is 2.42. The zero-order valence-corrected chi connectivity index (χ0v) is 49.8. The van der Waals surface area contributed by atoms with E-state index in [9.17, 15) is 59.4 Å². The number of phosphoric ester groups is 1. The van der Waals surface area contributed by atoms with Crippen molar-refractivity contribution in [3.63, 3.8) is 0 Å². The highest BCUT2D eigenvalue weighted by atomic mass is 31.2. The van der Waals surface area contributed by atoms with Gasteiger partial charge in [-0.15, -0.1) is 0 Å². The monoisotopic (exact) mass is 1150 g/mol. The molecule has 2 rings (SSSR count). The van der Waals surface area contributed by atoms with Crippen molar-refractivity contribution < 1.29 is 82.8 Å². The predicted octanol–water partition coefficient (Wildman–Crippen LogP) is 8.06. The van der Waals surface area contributed by atoms with Crippen molar-refractivity contribution in [3.05, 3.63) is 0 Å². The highest BCUT2D eigenvalue weighted by molar-refractivity contribution is 7.46. The minimum Gasteiger partial charge on any atom is -0.462 e. The van der Waals surface area contributed by atoms with Crippen LogP contribution < -0.4 is 16.4 Å². The summed E-state index contributed by atoms with van der Waals surface area (Å²) in [5.41, 5.74) is 5.73. The van der Waals surface area contributed by atoms with Crippen LogP contribution in [0, 0.1) is 0 Å². The molecule has 79 heavy (non-hydrogen) atoms. The fraction of sp³-hybridized carbons (Fsp3) is 0.948. The minimum atomic E-state index is -5.35. The van der Waals surface area contributed by atoms with Crippen LogP contribution in [-0.2, 0) is 42.4 Å². The SMILES string of the molecule is CCCCCCCCCCCC(=O)O[C@H](CCCCCCCCCCC)CC(=O)N[C@H]1[C@H](OC(CCCCCCN)[C@H]2O[C@@H](O)[C@H](NC(=O)C[C@H](O)CCCCCCCCCCC)[C@@H](O)[C@@H]2O)O[C@H](CO)[C@@H](OP(=O)(O)O)[C@@H]1O. The molecule has 0 radical (unpaired) electrons. The summed E-state index contributed by atoms with van der Waals surface area (Å²) in [4.78, 5) is 60.3. The Bertz CT molecular complexity index is 1600. The number of aliphatic hydroxyl groups excluding tert-OH is 6. The second-order valence-corrected chi connectivity index (χ2v) is 23.8. The molecule has 20 nitrogen and oxygen atoms in total. The van der Waals surface area contributed by atoms with E-state index < -0.39 is 112 Å². The number of esters is 1. The number of rotatable bonds is 49. The lowest BCUT2D eigenvalue weighted by atomic mass is 9.90. The molecule has 0 aliphatic carbocycles. The standard InChI is InChI=1S/C58H112N3O17P/c1-4-7-10-13-16-19-22-25-30-35-43(63)40-47(64)60-50-52(67)54(69)55(77-57(50)70)45(37-32-28-29-34-39-59)75-58-51(53(68)56(46(42-62)76-58)78-79(71,72)73)61-48(65)41-44(36-31-26-23-20-17-14-11-8-5-2)74-49(66)38-33-27-24-21-18-15-12-9-6-3/h43-46,50-58,62-63,67-70H,4-42,59H2,1-3H3,(H,60,64)(H,61,65)(H2,71,72,73)/t43-,44-,45?,46-,50-,51-,52-,53-,54+,55-,56-,57-,58-/m1/s1. The second-order valence-electron chi connectivity index (χ2n) is 22.6. The van der Waals surface area contributed by atoms with Gasteiger partial charge >= 0.3 is 13.8 Å². The molecule has 1 unspecified atom stereocenters. The quantitative estimate of drug-likeness (QED) is 0.0156. The Hall–Kier alpha value is -1.88. The van der Waals surface area contributed by atoms with Crippen LogP contribution in [0.4, 0.5) is 0 Å². The molecule has 12 N–H and O–H groups in total. The van der Waals surface area contributed by atoms with E-state index in [1.165, 1.54) is 83.5 Å². The molecule has 0 aromatic rings. The van der Waals surface area contributed by atoms with Crippen LogP contribution in [-0.4, -0.2) is 151 Å². The first-order chi connectivity index (χ1) is 38.0. The van der Waals surface area contributed by atoms with Gasteiger partial charge in [-0.2, -0.15) is 0 Å². The first kappa shape index (κ1) is 73.2. The summed E-state index contributed by atoms with van der Waals surface area (Å²) in [5.74, 6) is -1.85. The molecule has 2 aliphatic rings. The summed E-state index contributed by atoms with van der Waals surface area (Å²) < 4.78 is 41.5. The van der Waals surface area contributed by atoms with E-state index in [1.807, 2.05) is 0 Å². The normalized spacial score (nSPS) is 24.7. The second kappa shape index (κ2) is 44.6. The summed E-state index contributed by atoms with van der Waals surface area (Å²) in [6.45, 7) is 6.06. The van der Waals surface area contributed by atoms with Gasteiger partial charge in [-0.1, -0.05) is 201 Å². The van der Waals surface area contributed by atoms with Gasteiger partial charge in [-0.25, -0.2) is 4.57 Å². The Balaban J connectivity index is 2.30. The van der Waals surface area contributed by atoms with E-state index >= 15 is 0 Å². The third kappa shape index (κ3) is 32.7. The number of ether oxygens (including phenoxy) is 4. The van der Waals surface area contributed by atoms with Crippen molar-refractivity contribution in [2.75, 3.05) is 13.2 Å². The number of carbonyl (C=O) groups excluding carboxylic acids is 3. The van der Waals surface area contributed by atoms with Crippen molar-refractivity contribution in [2.24, 2.45) is 5.73 Å². The van der Waals surface area contributed by atoms with Crippen LogP contribution in [0.25, 0.3) is 0 Å². The Kier molecular flexibility index (Phi) is 41.4. The molecule has 2 aliphatic heterocycles. The molecule has 13 atom stereocenters. The Morgan fingerprint density at radius 1 is 0.570 bits per heavy atom. The molecule has 2 saturated heterocycles. The van der Waals surface area contributed by atoms with Gasteiger partial charge in [0.15, 0.2) is 12.6 Å². The fourth-order valence-electron chi connectivity index (χ4n) is 10.7. The van der Waals surface area contributed by atoms with Gasteiger partial charge in [0.2, 0.25) is 11.8 Å². The molecule has 0 saturated carbocycles. The Morgan fingerprint density at radius 2 is 1.03 bits per heavy atom. The lowest BCUT2D eigenvalue weighted by Crippen LogP contribution is -2.68. The third-order valence-corrected chi connectivity index (χ3v) is 15.9. The summed E-state index contributed by atoms with van der Waals surface area (Å²) in [7, 11) is -5.35. The van der Waals surface area contributed by atoms with Crippen molar-refractivity contribution in [2.45, 2.75) is 338 Å². The topological polar surface area (TPSA) is 326 Å². The molecular formula is C58H112N3O17P. The average molecular weight is 1150 g/mol. The molecule has 2 heterocycles. The van der Waals surface area contributed by atoms with Crippen LogP contribution in [0.5, 0.6) is 0 Å². The number of amides is 2. The maximum Gasteiger partial charge on any atom is 0.470 e. The zero-order valence-electron chi connectivity index (χ0n) is 48.9. The molecule has 0 bridgehead atoms. The molecule has 2 fully saturated rings. The molecule has 0 aromatic carbocycles. The van der Waals surface area contributed by atoms with Crippen LogP contribution >= 0.6 is 7.82 Å². The molecular weight excluding hydrogens is 1040 g/mol. The average Bonchev–Trinajstić information content (AvgIpc) is 3.43. The van der Waals surface area contributed by atoms with Crippen LogP contribution in [0.1, 0.15) is 258 Å².